The standard InChI is InChI=1S/C15H19NO3S2/c17-13(16-15(14(18)19)6-7-20-9-15)12-8-10-4-2-1-3-5-11(10)21-12/h8H,1-7,9H2,(H,16,17)(H,18,19). The molecule has 6 heteroatoms. The number of amides is 1. The van der Waals surface area contributed by atoms with E-state index >= 15 is 0 Å². The average Bonchev–Trinajstić information content (AvgIpc) is 3.02. The Labute approximate surface area is 132 Å². The molecule has 0 radical (unpaired) electrons. The maximum atomic E-state index is 12.4. The Hall–Kier alpha value is -1.01. The van der Waals surface area contributed by atoms with Crippen LogP contribution in [0.4, 0.5) is 0 Å². The first-order chi connectivity index (χ1) is 10.1. The van der Waals surface area contributed by atoms with Gasteiger partial charge < -0.3 is 10.4 Å². The molecule has 21 heavy (non-hydrogen) atoms. The molecule has 1 amide bonds. The topological polar surface area (TPSA) is 66.4 Å². The maximum Gasteiger partial charge on any atom is 0.330 e. The summed E-state index contributed by atoms with van der Waals surface area (Å²) in [6.45, 7) is 0. The minimum absolute atomic E-state index is 0.224. The Morgan fingerprint density at radius 3 is 2.76 bits per heavy atom. The van der Waals surface area contributed by atoms with Crippen molar-refractivity contribution in [2.45, 2.75) is 44.1 Å². The molecular weight excluding hydrogens is 306 g/mol. The molecule has 2 aliphatic rings. The lowest BCUT2D eigenvalue weighted by Crippen LogP contribution is -2.54. The molecule has 1 aliphatic carbocycles. The van der Waals surface area contributed by atoms with Gasteiger partial charge in [-0.3, -0.25) is 4.79 Å². The smallest absolute Gasteiger partial charge is 0.330 e. The number of aryl methyl sites for hydroxylation is 2. The minimum Gasteiger partial charge on any atom is -0.479 e. The van der Waals surface area contributed by atoms with Gasteiger partial charge in [-0.15, -0.1) is 11.3 Å². The summed E-state index contributed by atoms with van der Waals surface area (Å²) in [5.74, 6) is 0.101. The predicted octanol–water partition coefficient (Wildman–Crippen LogP) is 2.71. The van der Waals surface area contributed by atoms with Crippen molar-refractivity contribution in [2.24, 2.45) is 0 Å². The van der Waals surface area contributed by atoms with Crippen LogP contribution in [-0.4, -0.2) is 34.0 Å². The van der Waals surface area contributed by atoms with Crippen LogP contribution in [0.25, 0.3) is 0 Å². The van der Waals surface area contributed by atoms with Crippen molar-refractivity contribution >= 4 is 35.0 Å². The van der Waals surface area contributed by atoms with E-state index in [-0.39, 0.29) is 5.91 Å². The maximum absolute atomic E-state index is 12.4. The number of thiophene rings is 1. The largest absolute Gasteiger partial charge is 0.479 e. The zero-order valence-corrected chi connectivity index (χ0v) is 13.4. The molecule has 1 aromatic rings. The Morgan fingerprint density at radius 1 is 1.24 bits per heavy atom. The molecule has 0 aromatic carbocycles. The fourth-order valence-electron chi connectivity index (χ4n) is 2.94. The first-order valence-corrected chi connectivity index (χ1v) is 9.33. The van der Waals surface area contributed by atoms with Crippen LogP contribution in [0.3, 0.4) is 0 Å². The van der Waals surface area contributed by atoms with E-state index < -0.39 is 11.5 Å². The van der Waals surface area contributed by atoms with E-state index in [4.69, 9.17) is 0 Å². The first kappa shape index (κ1) is 14.9. The number of hydrogen-bond acceptors (Lipinski definition) is 4. The molecule has 1 aromatic heterocycles. The van der Waals surface area contributed by atoms with Crippen molar-refractivity contribution in [2.75, 3.05) is 11.5 Å². The normalized spacial score (nSPS) is 25.1. The van der Waals surface area contributed by atoms with Crippen LogP contribution in [0, 0.1) is 0 Å². The molecule has 2 heterocycles. The first-order valence-electron chi connectivity index (χ1n) is 7.36. The lowest BCUT2D eigenvalue weighted by molar-refractivity contribution is -0.143. The van der Waals surface area contributed by atoms with Gasteiger partial charge in [-0.25, -0.2) is 4.79 Å². The molecule has 4 nitrogen and oxygen atoms in total. The second-order valence-corrected chi connectivity index (χ2v) is 8.01. The minimum atomic E-state index is -1.08. The Kier molecular flexibility index (Phi) is 4.26. The van der Waals surface area contributed by atoms with Crippen LogP contribution in [0.5, 0.6) is 0 Å². The quantitative estimate of drug-likeness (QED) is 0.839. The van der Waals surface area contributed by atoms with Gasteiger partial charge >= 0.3 is 5.97 Å². The van der Waals surface area contributed by atoms with Gasteiger partial charge in [0.25, 0.3) is 5.91 Å². The third-order valence-electron chi connectivity index (χ3n) is 4.25. The molecule has 0 bridgehead atoms. The summed E-state index contributed by atoms with van der Waals surface area (Å²) in [4.78, 5) is 25.9. The molecule has 0 saturated carbocycles. The lowest BCUT2D eigenvalue weighted by atomic mass is 9.99. The Balaban J connectivity index is 1.78. The highest BCUT2D eigenvalue weighted by Crippen LogP contribution is 2.31. The molecule has 2 N–H and O–H groups in total. The number of fused-ring (bicyclic) bond motifs is 1. The molecule has 0 spiro atoms. The summed E-state index contributed by atoms with van der Waals surface area (Å²) in [5.41, 5.74) is 0.205. The summed E-state index contributed by atoms with van der Waals surface area (Å²) < 4.78 is 0. The van der Waals surface area contributed by atoms with E-state index in [2.05, 4.69) is 5.32 Å². The van der Waals surface area contributed by atoms with E-state index in [0.29, 0.717) is 17.1 Å². The van der Waals surface area contributed by atoms with Crippen molar-refractivity contribution in [3.8, 4) is 0 Å². The van der Waals surface area contributed by atoms with Crippen molar-refractivity contribution in [3.63, 3.8) is 0 Å². The van der Waals surface area contributed by atoms with Crippen molar-refractivity contribution in [1.29, 1.82) is 0 Å². The molecule has 1 saturated heterocycles. The van der Waals surface area contributed by atoms with Crippen molar-refractivity contribution in [3.05, 3.63) is 21.4 Å². The third-order valence-corrected chi connectivity index (χ3v) is 6.68. The van der Waals surface area contributed by atoms with Gasteiger partial charge in [-0.05, 0) is 49.5 Å². The highest BCUT2D eigenvalue weighted by Gasteiger charge is 2.43. The number of carbonyl (C=O) groups excluding carboxylic acids is 1. The third kappa shape index (κ3) is 2.97. The van der Waals surface area contributed by atoms with E-state index in [1.807, 2.05) is 6.07 Å². The average molecular weight is 325 g/mol. The molecule has 1 atom stereocenters. The van der Waals surface area contributed by atoms with Gasteiger partial charge in [-0.2, -0.15) is 11.8 Å². The van der Waals surface area contributed by atoms with Crippen LogP contribution >= 0.6 is 23.1 Å². The second-order valence-electron chi connectivity index (χ2n) is 5.76. The summed E-state index contributed by atoms with van der Waals surface area (Å²) in [6, 6.07) is 1.97. The summed E-state index contributed by atoms with van der Waals surface area (Å²) in [7, 11) is 0. The number of carbonyl (C=O) groups is 2. The van der Waals surface area contributed by atoms with E-state index in [9.17, 15) is 14.7 Å². The monoisotopic (exact) mass is 325 g/mol. The number of thioether (sulfide) groups is 1. The van der Waals surface area contributed by atoms with Crippen LogP contribution < -0.4 is 5.32 Å². The Bertz CT molecular complexity index is 538. The number of carboxylic acid groups (broad SMARTS) is 1. The number of rotatable bonds is 3. The van der Waals surface area contributed by atoms with Gasteiger partial charge in [0.1, 0.15) is 5.54 Å². The highest BCUT2D eigenvalue weighted by atomic mass is 32.2. The van der Waals surface area contributed by atoms with Gasteiger partial charge in [-0.1, -0.05) is 6.42 Å². The fraction of sp³-hybridized carbons (Fsp3) is 0.600. The van der Waals surface area contributed by atoms with Crippen molar-refractivity contribution < 1.29 is 14.7 Å². The lowest BCUT2D eigenvalue weighted by Gasteiger charge is -2.24. The van der Waals surface area contributed by atoms with Crippen LogP contribution in [0.2, 0.25) is 0 Å². The number of carboxylic acids is 1. The fourth-order valence-corrected chi connectivity index (χ4v) is 5.42. The summed E-state index contributed by atoms with van der Waals surface area (Å²) in [6.07, 6.45) is 6.21. The number of aliphatic carboxylic acids is 1. The highest BCUT2D eigenvalue weighted by molar-refractivity contribution is 7.99. The number of nitrogens with one attached hydrogen (secondary N) is 1. The van der Waals surface area contributed by atoms with Crippen LogP contribution in [0.15, 0.2) is 6.07 Å². The van der Waals surface area contributed by atoms with Crippen LogP contribution in [0.1, 0.15) is 45.8 Å². The zero-order valence-electron chi connectivity index (χ0n) is 11.8. The summed E-state index contributed by atoms with van der Waals surface area (Å²) >= 11 is 3.12. The van der Waals surface area contributed by atoms with E-state index in [1.54, 1.807) is 11.8 Å². The van der Waals surface area contributed by atoms with E-state index in [0.717, 1.165) is 18.6 Å². The molecule has 1 fully saturated rings. The predicted molar refractivity (Wildman–Crippen MR) is 85.4 cm³/mol. The molecular formula is C15H19NO3S2. The van der Waals surface area contributed by atoms with E-state index in [1.165, 1.54) is 41.0 Å². The van der Waals surface area contributed by atoms with Gasteiger partial charge in [0, 0.05) is 10.6 Å². The summed E-state index contributed by atoms with van der Waals surface area (Å²) in [5, 5.41) is 12.2. The number of hydrogen-bond donors (Lipinski definition) is 2. The van der Waals surface area contributed by atoms with Gasteiger partial charge in [0.2, 0.25) is 0 Å². The van der Waals surface area contributed by atoms with Crippen molar-refractivity contribution in [1.82, 2.24) is 5.32 Å². The molecule has 3 rings (SSSR count). The molecule has 114 valence electrons. The SMILES string of the molecule is O=C(NC1(C(=O)O)CCSC1)c1cc2c(s1)CCCCC2. The van der Waals surface area contributed by atoms with Gasteiger partial charge in [0.05, 0.1) is 4.88 Å². The zero-order chi connectivity index (χ0) is 14.9. The Morgan fingerprint density at radius 2 is 2.05 bits per heavy atom. The molecule has 1 unspecified atom stereocenters. The van der Waals surface area contributed by atoms with Crippen LogP contribution in [-0.2, 0) is 17.6 Å². The van der Waals surface area contributed by atoms with Gasteiger partial charge in [0.15, 0.2) is 0 Å². The molecule has 1 aliphatic heterocycles. The second kappa shape index (κ2) is 6.01.